The Morgan fingerprint density at radius 1 is 1.38 bits per heavy atom. The van der Waals surface area contributed by atoms with Gasteiger partial charge in [0.2, 0.25) is 0 Å². The topological polar surface area (TPSA) is 66.8 Å². The van der Waals surface area contributed by atoms with Crippen LogP contribution >= 0.6 is 0 Å². The average Bonchev–Trinajstić information content (AvgIpc) is 2.65. The number of phenols is 1. The van der Waals surface area contributed by atoms with E-state index >= 15 is 0 Å². The van der Waals surface area contributed by atoms with Gasteiger partial charge < -0.3 is 14.9 Å². The highest BCUT2D eigenvalue weighted by Crippen LogP contribution is 2.48. The molecule has 0 spiro atoms. The summed E-state index contributed by atoms with van der Waals surface area (Å²) in [7, 11) is 0. The van der Waals surface area contributed by atoms with Crippen LogP contribution < -0.4 is 4.74 Å². The lowest BCUT2D eigenvalue weighted by Gasteiger charge is -2.32. The van der Waals surface area contributed by atoms with E-state index in [0.717, 1.165) is 37.7 Å². The third kappa shape index (κ3) is 5.40. The van der Waals surface area contributed by atoms with Crippen LogP contribution in [0.1, 0.15) is 80.3 Å². The first-order chi connectivity index (χ1) is 13.8. The molecule has 0 saturated heterocycles. The lowest BCUT2D eigenvalue weighted by molar-refractivity contribution is 0.0692. The summed E-state index contributed by atoms with van der Waals surface area (Å²) in [6.07, 6.45) is 7.16. The number of carboxylic acids is 1. The Morgan fingerprint density at radius 2 is 2.10 bits per heavy atom. The smallest absolute Gasteiger partial charge is 0.339 e. The molecule has 1 aromatic carbocycles. The van der Waals surface area contributed by atoms with Gasteiger partial charge >= 0.3 is 5.97 Å². The first kappa shape index (κ1) is 23.0. The maximum atomic E-state index is 12.9. The van der Waals surface area contributed by atoms with Crippen LogP contribution in [0.15, 0.2) is 29.9 Å². The standard InChI is InChI=1S/C24H33FO4/c1-5-6-7-8-17-14-20(29-12-11-25)22(23(26)21(17)24(27)28)19-13-16(4)9-10-18(19)15(2)3/h13-14,18-19,26H,2,5-12H2,1,3-4H3,(H,27,28). The minimum absolute atomic E-state index is 0.0601. The van der Waals surface area contributed by atoms with E-state index in [1.165, 1.54) is 5.57 Å². The lowest BCUT2D eigenvalue weighted by Crippen LogP contribution is -2.19. The Hall–Kier alpha value is -2.30. The molecule has 160 valence electrons. The van der Waals surface area contributed by atoms with E-state index in [0.29, 0.717) is 23.3 Å². The van der Waals surface area contributed by atoms with Crippen molar-refractivity contribution >= 4 is 5.97 Å². The minimum Gasteiger partial charge on any atom is -0.507 e. The van der Waals surface area contributed by atoms with Crippen molar-refractivity contribution in [2.75, 3.05) is 13.3 Å². The molecule has 2 unspecified atom stereocenters. The Bertz CT molecular complexity index is 782. The normalized spacial score (nSPS) is 19.0. The van der Waals surface area contributed by atoms with Crippen LogP contribution in [0.4, 0.5) is 4.39 Å². The van der Waals surface area contributed by atoms with Crippen molar-refractivity contribution in [1.29, 1.82) is 0 Å². The largest absolute Gasteiger partial charge is 0.507 e. The molecule has 1 aliphatic carbocycles. The number of benzene rings is 1. The van der Waals surface area contributed by atoms with Gasteiger partial charge in [-0.3, -0.25) is 0 Å². The second kappa shape index (κ2) is 10.5. The number of aromatic hydroxyl groups is 1. The molecule has 5 heteroatoms. The van der Waals surface area contributed by atoms with Gasteiger partial charge in [-0.25, -0.2) is 9.18 Å². The number of allylic oxidation sites excluding steroid dienone is 3. The van der Waals surface area contributed by atoms with E-state index in [-0.39, 0.29) is 29.8 Å². The van der Waals surface area contributed by atoms with Crippen molar-refractivity contribution < 1.29 is 24.1 Å². The van der Waals surface area contributed by atoms with E-state index in [4.69, 9.17) is 4.74 Å². The maximum Gasteiger partial charge on any atom is 0.339 e. The van der Waals surface area contributed by atoms with Crippen LogP contribution in [-0.4, -0.2) is 29.5 Å². The molecule has 0 aliphatic heterocycles. The molecule has 2 rings (SSSR count). The van der Waals surface area contributed by atoms with Crippen molar-refractivity contribution in [3.63, 3.8) is 0 Å². The fraction of sp³-hybridized carbons (Fsp3) is 0.542. The van der Waals surface area contributed by atoms with Gasteiger partial charge in [0, 0.05) is 11.5 Å². The van der Waals surface area contributed by atoms with Crippen molar-refractivity contribution in [2.24, 2.45) is 5.92 Å². The maximum absolute atomic E-state index is 12.9. The molecule has 1 aromatic rings. The van der Waals surface area contributed by atoms with Gasteiger partial charge in [-0.2, -0.15) is 0 Å². The number of alkyl halides is 1. The number of carboxylic acid groups (broad SMARTS) is 1. The molecule has 0 radical (unpaired) electrons. The number of hydrogen-bond donors (Lipinski definition) is 2. The first-order valence-electron chi connectivity index (χ1n) is 10.4. The number of rotatable bonds is 10. The Balaban J connectivity index is 2.67. The molecule has 2 N–H and O–H groups in total. The highest BCUT2D eigenvalue weighted by Gasteiger charge is 2.33. The average molecular weight is 405 g/mol. The Kier molecular flexibility index (Phi) is 8.30. The van der Waals surface area contributed by atoms with Gasteiger partial charge in [0.25, 0.3) is 0 Å². The molecule has 0 bridgehead atoms. The fourth-order valence-corrected chi connectivity index (χ4v) is 4.21. The predicted molar refractivity (Wildman–Crippen MR) is 114 cm³/mol. The van der Waals surface area contributed by atoms with Gasteiger partial charge in [0.15, 0.2) is 0 Å². The van der Waals surface area contributed by atoms with E-state index in [1.807, 2.05) is 13.8 Å². The summed E-state index contributed by atoms with van der Waals surface area (Å²) >= 11 is 0. The lowest BCUT2D eigenvalue weighted by atomic mass is 9.73. The third-order valence-electron chi connectivity index (χ3n) is 5.70. The van der Waals surface area contributed by atoms with Crippen molar-refractivity contribution in [3.05, 3.63) is 46.6 Å². The minimum atomic E-state index is -1.16. The highest BCUT2D eigenvalue weighted by atomic mass is 19.1. The number of hydrogen-bond acceptors (Lipinski definition) is 3. The molecule has 0 aromatic heterocycles. The zero-order valence-corrected chi connectivity index (χ0v) is 17.8. The molecular formula is C24H33FO4. The molecule has 1 aliphatic rings. The number of carbonyl (C=O) groups is 1. The van der Waals surface area contributed by atoms with Gasteiger partial charge in [0.1, 0.15) is 30.3 Å². The van der Waals surface area contributed by atoms with Crippen LogP contribution in [0.2, 0.25) is 0 Å². The van der Waals surface area contributed by atoms with Gasteiger partial charge in [-0.05, 0) is 57.1 Å². The number of halogens is 1. The Labute approximate surface area is 173 Å². The predicted octanol–water partition coefficient (Wildman–Crippen LogP) is 6.19. The molecule has 2 atom stereocenters. The number of unbranched alkanes of at least 4 members (excludes halogenated alkanes) is 2. The molecular weight excluding hydrogens is 371 g/mol. The molecule has 0 saturated carbocycles. The number of aromatic carboxylic acids is 1. The fourth-order valence-electron chi connectivity index (χ4n) is 4.21. The van der Waals surface area contributed by atoms with Crippen molar-refractivity contribution in [1.82, 2.24) is 0 Å². The zero-order valence-electron chi connectivity index (χ0n) is 17.8. The number of ether oxygens (including phenoxy) is 1. The molecule has 0 heterocycles. The van der Waals surface area contributed by atoms with Crippen LogP contribution in [0.5, 0.6) is 11.5 Å². The Morgan fingerprint density at radius 3 is 2.69 bits per heavy atom. The van der Waals surface area contributed by atoms with Crippen molar-refractivity contribution in [3.8, 4) is 11.5 Å². The van der Waals surface area contributed by atoms with Crippen LogP contribution in [-0.2, 0) is 6.42 Å². The zero-order chi connectivity index (χ0) is 21.6. The molecule has 29 heavy (non-hydrogen) atoms. The summed E-state index contributed by atoms with van der Waals surface area (Å²) in [5.41, 5.74) is 3.04. The van der Waals surface area contributed by atoms with Gasteiger partial charge in [-0.15, -0.1) is 0 Å². The van der Waals surface area contributed by atoms with Crippen LogP contribution in [0.25, 0.3) is 0 Å². The summed E-state index contributed by atoms with van der Waals surface area (Å²) < 4.78 is 18.5. The molecule has 0 amide bonds. The van der Waals surface area contributed by atoms with Crippen molar-refractivity contribution in [2.45, 2.75) is 65.2 Å². The third-order valence-corrected chi connectivity index (χ3v) is 5.70. The van der Waals surface area contributed by atoms with Gasteiger partial charge in [-0.1, -0.05) is 43.6 Å². The van der Waals surface area contributed by atoms with Crippen LogP contribution in [0.3, 0.4) is 0 Å². The summed E-state index contributed by atoms with van der Waals surface area (Å²) in [5.74, 6) is -1.24. The van der Waals surface area contributed by atoms with E-state index in [9.17, 15) is 19.4 Å². The molecule has 4 nitrogen and oxygen atoms in total. The van der Waals surface area contributed by atoms with E-state index < -0.39 is 12.6 Å². The number of aryl methyl sites for hydroxylation is 1. The second-order valence-electron chi connectivity index (χ2n) is 8.00. The quantitative estimate of drug-likeness (QED) is 0.360. The van der Waals surface area contributed by atoms with Gasteiger partial charge in [0.05, 0.1) is 0 Å². The van der Waals surface area contributed by atoms with E-state index in [2.05, 4.69) is 19.6 Å². The second-order valence-corrected chi connectivity index (χ2v) is 8.00. The summed E-state index contributed by atoms with van der Waals surface area (Å²) in [6, 6.07) is 1.69. The SMILES string of the molecule is C=C(C)C1CCC(C)=CC1c1c(OCCF)cc(CCCCC)c(C(=O)O)c1O. The summed E-state index contributed by atoms with van der Waals surface area (Å²) in [5, 5.41) is 20.9. The monoisotopic (exact) mass is 404 g/mol. The summed E-state index contributed by atoms with van der Waals surface area (Å²) in [6.45, 7) is 9.35. The first-order valence-corrected chi connectivity index (χ1v) is 10.4. The summed E-state index contributed by atoms with van der Waals surface area (Å²) in [4.78, 5) is 12.0. The van der Waals surface area contributed by atoms with Crippen LogP contribution in [0, 0.1) is 5.92 Å². The highest BCUT2D eigenvalue weighted by molar-refractivity contribution is 5.94. The van der Waals surface area contributed by atoms with E-state index in [1.54, 1.807) is 6.07 Å². The molecule has 0 fully saturated rings.